The predicted octanol–water partition coefficient (Wildman–Crippen LogP) is 5.44. The lowest BCUT2D eigenvalue weighted by Crippen LogP contribution is -2.70. The Balaban J connectivity index is 1.31. The Morgan fingerprint density at radius 3 is 1.77 bits per heavy atom. The average molecular weight is 586 g/mol. The highest BCUT2D eigenvalue weighted by molar-refractivity contribution is 6.07. The molecule has 1 aliphatic heterocycles. The van der Waals surface area contributed by atoms with Gasteiger partial charge in [0.15, 0.2) is 0 Å². The van der Waals surface area contributed by atoms with E-state index in [4.69, 9.17) is 9.47 Å². The van der Waals surface area contributed by atoms with Crippen molar-refractivity contribution in [1.29, 1.82) is 0 Å². The molecule has 3 N–H and O–H groups in total. The van der Waals surface area contributed by atoms with Crippen molar-refractivity contribution in [2.24, 2.45) is 10.9 Å². The summed E-state index contributed by atoms with van der Waals surface area (Å²) in [6.45, 7) is 3.93. The first-order chi connectivity index (χ1) is 20.7. The van der Waals surface area contributed by atoms with Crippen molar-refractivity contribution < 1.29 is 28.7 Å². The molecule has 224 valence electrons. The molecule has 1 fully saturated rings. The number of carbonyl (C=O) groups excluding carboxylic acids is 4. The second kappa shape index (κ2) is 14.6. The molecule has 4 rings (SSSR count). The van der Waals surface area contributed by atoms with Crippen LogP contribution in [-0.2, 0) is 27.5 Å². The second-order valence-corrected chi connectivity index (χ2v) is 10.4. The number of likely N-dealkylation sites (tertiary alicyclic amines) is 1. The zero-order chi connectivity index (χ0) is 30.7. The Kier molecular flexibility index (Phi) is 10.5. The number of nitrogens with zero attached hydrogens (tertiary/aromatic N) is 2. The van der Waals surface area contributed by atoms with Crippen molar-refractivity contribution in [3.63, 3.8) is 0 Å². The number of para-hydroxylation sites is 1. The van der Waals surface area contributed by atoms with Crippen LogP contribution in [-0.4, -0.2) is 47.1 Å². The number of carbonyl (C=O) groups is 4. The second-order valence-electron chi connectivity index (χ2n) is 10.4. The van der Waals surface area contributed by atoms with Crippen molar-refractivity contribution in [3.05, 3.63) is 102 Å². The highest BCUT2D eigenvalue weighted by Gasteiger charge is 2.56. The molecular weight excluding hydrogens is 550 g/mol. The predicted molar refractivity (Wildman–Crippen MR) is 161 cm³/mol. The van der Waals surface area contributed by atoms with Crippen LogP contribution in [0.4, 0.5) is 20.1 Å². The van der Waals surface area contributed by atoms with Crippen molar-refractivity contribution in [3.8, 4) is 0 Å². The highest BCUT2D eigenvalue weighted by atomic mass is 16.6. The average Bonchev–Trinajstić information content (AvgIpc) is 3.00. The Labute approximate surface area is 250 Å². The van der Waals surface area contributed by atoms with Crippen LogP contribution in [0.5, 0.6) is 0 Å². The third-order valence-corrected chi connectivity index (χ3v) is 6.96. The summed E-state index contributed by atoms with van der Waals surface area (Å²) in [5.74, 6) is -0.799. The number of benzene rings is 3. The Morgan fingerprint density at radius 1 is 0.791 bits per heavy atom. The molecule has 11 heteroatoms. The molecule has 0 aliphatic carbocycles. The Hall–Kier alpha value is -5.19. The first-order valence-electron chi connectivity index (χ1n) is 13.9. The molecule has 3 aromatic carbocycles. The van der Waals surface area contributed by atoms with Crippen LogP contribution in [0, 0.1) is 5.92 Å². The molecule has 1 saturated heterocycles. The molecule has 5 amide bonds. The van der Waals surface area contributed by atoms with E-state index in [1.807, 2.05) is 80.6 Å². The van der Waals surface area contributed by atoms with E-state index >= 15 is 0 Å². The molecule has 43 heavy (non-hydrogen) atoms. The smallest absolute Gasteiger partial charge is 0.414 e. The number of hydrogen-bond acceptors (Lipinski definition) is 7. The fourth-order valence-corrected chi connectivity index (χ4v) is 4.68. The van der Waals surface area contributed by atoms with Gasteiger partial charge < -0.3 is 14.8 Å². The largest absolute Gasteiger partial charge is 0.444 e. The molecule has 1 atom stereocenters. The maximum atomic E-state index is 12.9. The monoisotopic (exact) mass is 585 g/mol. The summed E-state index contributed by atoms with van der Waals surface area (Å²) in [6.07, 6.45) is -0.698. The minimum Gasteiger partial charge on any atom is -0.444 e. The van der Waals surface area contributed by atoms with E-state index in [9.17, 15) is 19.2 Å². The minimum absolute atomic E-state index is 0.0334. The normalized spacial score (nSPS) is 15.0. The summed E-state index contributed by atoms with van der Waals surface area (Å²) >= 11 is 0. The lowest BCUT2D eigenvalue weighted by molar-refractivity contribution is -0.158. The molecule has 1 heterocycles. The number of imide groups is 1. The summed E-state index contributed by atoms with van der Waals surface area (Å²) < 4.78 is 10.5. The fourth-order valence-electron chi connectivity index (χ4n) is 4.68. The zero-order valence-corrected chi connectivity index (χ0v) is 24.1. The van der Waals surface area contributed by atoms with Gasteiger partial charge in [0, 0.05) is 12.2 Å². The number of amides is 5. The van der Waals surface area contributed by atoms with Gasteiger partial charge in [0.25, 0.3) is 0 Å². The molecular formula is C32H35N5O6. The number of guanidine groups is 1. The SMILES string of the molecule is CC1(C)C(CCCN=C(NC(=O)OCc2ccccc2)NC(=O)OCc2ccccc2)C(=O)N1C(=O)Nc1ccccc1. The van der Waals surface area contributed by atoms with Gasteiger partial charge in [-0.05, 0) is 49.9 Å². The van der Waals surface area contributed by atoms with Crippen molar-refractivity contribution in [2.45, 2.75) is 45.4 Å². The molecule has 0 bridgehead atoms. The number of alkyl carbamates (subject to hydrolysis) is 2. The molecule has 1 aliphatic rings. The number of anilines is 1. The van der Waals surface area contributed by atoms with Crippen LogP contribution >= 0.6 is 0 Å². The summed E-state index contributed by atoms with van der Waals surface area (Å²) in [5.41, 5.74) is 1.50. The lowest BCUT2D eigenvalue weighted by atomic mass is 9.73. The van der Waals surface area contributed by atoms with Crippen LogP contribution in [0.1, 0.15) is 37.8 Å². The number of β-lactam (4-membered cyclic amide) rings is 1. The number of ether oxygens (including phenoxy) is 2. The summed E-state index contributed by atoms with van der Waals surface area (Å²) in [4.78, 5) is 56.1. The van der Waals surface area contributed by atoms with Crippen LogP contribution in [0.15, 0.2) is 96.0 Å². The number of nitrogens with one attached hydrogen (secondary N) is 3. The topological polar surface area (TPSA) is 138 Å². The molecule has 0 saturated carbocycles. The number of aliphatic imine (C=N–C) groups is 1. The van der Waals surface area contributed by atoms with E-state index in [0.717, 1.165) is 11.1 Å². The van der Waals surface area contributed by atoms with E-state index in [0.29, 0.717) is 18.5 Å². The number of hydrogen-bond donors (Lipinski definition) is 3. The first-order valence-corrected chi connectivity index (χ1v) is 13.9. The minimum atomic E-state index is -0.804. The van der Waals surface area contributed by atoms with Gasteiger partial charge in [0.2, 0.25) is 11.9 Å². The molecule has 3 aromatic rings. The Morgan fingerprint density at radius 2 is 1.28 bits per heavy atom. The highest BCUT2D eigenvalue weighted by Crippen LogP contribution is 2.40. The molecule has 0 radical (unpaired) electrons. The van der Waals surface area contributed by atoms with Crippen LogP contribution in [0.3, 0.4) is 0 Å². The zero-order valence-electron chi connectivity index (χ0n) is 24.1. The van der Waals surface area contributed by atoms with Gasteiger partial charge >= 0.3 is 18.2 Å². The van der Waals surface area contributed by atoms with Gasteiger partial charge in [-0.15, -0.1) is 0 Å². The van der Waals surface area contributed by atoms with E-state index in [1.54, 1.807) is 24.3 Å². The maximum absolute atomic E-state index is 12.9. The number of urea groups is 1. The Bertz CT molecular complexity index is 1370. The summed E-state index contributed by atoms with van der Waals surface area (Å²) in [5, 5.41) is 7.65. The van der Waals surface area contributed by atoms with Crippen LogP contribution < -0.4 is 16.0 Å². The maximum Gasteiger partial charge on any atom is 0.414 e. The van der Waals surface area contributed by atoms with Gasteiger partial charge in [-0.2, -0.15) is 0 Å². The van der Waals surface area contributed by atoms with Crippen molar-refractivity contribution in [1.82, 2.24) is 15.5 Å². The van der Waals surface area contributed by atoms with Gasteiger partial charge in [0.1, 0.15) is 13.2 Å². The van der Waals surface area contributed by atoms with E-state index < -0.39 is 23.8 Å². The fraction of sp³-hybridized carbons (Fsp3) is 0.281. The quantitative estimate of drug-likeness (QED) is 0.132. The lowest BCUT2D eigenvalue weighted by Gasteiger charge is -2.52. The van der Waals surface area contributed by atoms with Gasteiger partial charge in [-0.1, -0.05) is 78.9 Å². The van der Waals surface area contributed by atoms with Crippen molar-refractivity contribution in [2.75, 3.05) is 11.9 Å². The molecule has 0 spiro atoms. The van der Waals surface area contributed by atoms with Crippen LogP contribution in [0.25, 0.3) is 0 Å². The van der Waals surface area contributed by atoms with Gasteiger partial charge in [-0.3, -0.25) is 25.3 Å². The number of rotatable bonds is 9. The van der Waals surface area contributed by atoms with E-state index in [2.05, 4.69) is 20.9 Å². The van der Waals surface area contributed by atoms with Crippen LogP contribution in [0.2, 0.25) is 0 Å². The van der Waals surface area contributed by atoms with E-state index in [-0.39, 0.29) is 37.5 Å². The van der Waals surface area contributed by atoms with E-state index in [1.165, 1.54) is 4.90 Å². The molecule has 11 nitrogen and oxygen atoms in total. The molecule has 0 aromatic heterocycles. The summed E-state index contributed by atoms with van der Waals surface area (Å²) in [6, 6.07) is 26.8. The third kappa shape index (κ3) is 8.65. The summed E-state index contributed by atoms with van der Waals surface area (Å²) in [7, 11) is 0. The van der Waals surface area contributed by atoms with Crippen molar-refractivity contribution >= 4 is 35.8 Å². The standard InChI is InChI=1S/C32H35N5O6/c1-32(2)26(27(38)37(32)29(39)34-25-17-10-5-11-18-25)19-12-20-33-28(35-30(40)42-21-23-13-6-3-7-14-23)36-31(41)43-22-24-15-8-4-9-16-24/h3-11,13-18,26H,12,19-22H2,1-2H3,(H,34,39)(H2,33,35,36,40,41). The van der Waals surface area contributed by atoms with Gasteiger partial charge in [-0.25, -0.2) is 14.4 Å². The molecule has 1 unspecified atom stereocenters. The first kappa shape index (κ1) is 30.8. The third-order valence-electron chi connectivity index (χ3n) is 6.96. The van der Waals surface area contributed by atoms with Gasteiger partial charge in [0.05, 0.1) is 11.5 Å².